The molecule has 0 saturated carbocycles. The second-order valence-electron chi connectivity index (χ2n) is 10.5. The first-order valence-electron chi connectivity index (χ1n) is 12.1. The number of pyridine rings is 1. The summed E-state index contributed by atoms with van der Waals surface area (Å²) in [4.78, 5) is 4.61. The summed E-state index contributed by atoms with van der Waals surface area (Å²) in [5.41, 5.74) is 5.38. The third-order valence-electron chi connectivity index (χ3n) is 6.69. The number of hydrogen-bond donors (Lipinski definition) is 0. The van der Waals surface area contributed by atoms with Crippen molar-refractivity contribution in [2.75, 3.05) is 6.61 Å². The molecule has 4 aromatic rings. The highest BCUT2D eigenvalue weighted by Gasteiger charge is 2.31. The predicted molar refractivity (Wildman–Crippen MR) is 137 cm³/mol. The summed E-state index contributed by atoms with van der Waals surface area (Å²) in [5, 5.41) is 10.5. The molecular weight excluding hydrogens is 461 g/mol. The third kappa shape index (κ3) is 4.68. The van der Waals surface area contributed by atoms with Crippen molar-refractivity contribution in [1.29, 1.82) is 0 Å². The van der Waals surface area contributed by atoms with E-state index in [1.165, 1.54) is 12.1 Å². The van der Waals surface area contributed by atoms with Gasteiger partial charge in [0, 0.05) is 37.4 Å². The van der Waals surface area contributed by atoms with Gasteiger partial charge in [0.1, 0.15) is 18.2 Å². The lowest BCUT2D eigenvalue weighted by Gasteiger charge is -2.28. The van der Waals surface area contributed by atoms with Crippen LogP contribution in [-0.2, 0) is 22.8 Å². The molecule has 1 aliphatic heterocycles. The van der Waals surface area contributed by atoms with Gasteiger partial charge < -0.3 is 9.47 Å². The number of halogens is 1. The van der Waals surface area contributed by atoms with Gasteiger partial charge in [-0.3, -0.25) is 4.68 Å². The fourth-order valence-corrected chi connectivity index (χ4v) is 5.16. The summed E-state index contributed by atoms with van der Waals surface area (Å²) < 4.78 is 29.6. The zero-order valence-corrected chi connectivity index (χ0v) is 22.0. The van der Waals surface area contributed by atoms with E-state index in [1.54, 1.807) is 23.0 Å². The van der Waals surface area contributed by atoms with Crippen LogP contribution in [0.2, 0.25) is 25.7 Å². The average molecular weight is 494 g/mol. The number of fused-ring (bicyclic) bond motifs is 2. The summed E-state index contributed by atoms with van der Waals surface area (Å²) in [6.07, 6.45) is 3.68. The molecule has 9 heteroatoms. The molecular formula is C26H32FN5O2Si. The topological polar surface area (TPSA) is 67.0 Å². The van der Waals surface area contributed by atoms with Crippen LogP contribution in [0.4, 0.5) is 4.39 Å². The molecule has 184 valence electrons. The van der Waals surface area contributed by atoms with Gasteiger partial charge in [-0.2, -0.15) is 10.2 Å². The zero-order chi connectivity index (χ0) is 24.7. The average Bonchev–Trinajstić information content (AvgIpc) is 3.41. The van der Waals surface area contributed by atoms with Crippen LogP contribution in [0.25, 0.3) is 33.4 Å². The van der Waals surface area contributed by atoms with Crippen molar-refractivity contribution in [3.05, 3.63) is 54.2 Å². The van der Waals surface area contributed by atoms with Gasteiger partial charge in [-0.1, -0.05) is 19.6 Å². The molecule has 4 heterocycles. The third-order valence-corrected chi connectivity index (χ3v) is 8.40. The number of aromatic nitrogens is 5. The largest absolute Gasteiger partial charge is 0.370 e. The Kier molecular flexibility index (Phi) is 6.33. The van der Waals surface area contributed by atoms with Crippen molar-refractivity contribution < 1.29 is 13.9 Å². The van der Waals surface area contributed by atoms with Crippen molar-refractivity contribution in [3.8, 4) is 22.4 Å². The first-order valence-corrected chi connectivity index (χ1v) is 15.8. The van der Waals surface area contributed by atoms with Gasteiger partial charge in [-0.25, -0.2) is 14.1 Å². The SMILES string of the molecule is CC1[C@@H](C)OCc2c(-c3ccnc4c3cnn4COCC[Si](C)(C)C)c(-c3ccc(F)cc3)nn21. The van der Waals surface area contributed by atoms with Gasteiger partial charge in [0.25, 0.3) is 0 Å². The van der Waals surface area contributed by atoms with Crippen LogP contribution in [0.1, 0.15) is 25.6 Å². The molecule has 0 amide bonds. The van der Waals surface area contributed by atoms with E-state index < -0.39 is 8.07 Å². The van der Waals surface area contributed by atoms with Crippen molar-refractivity contribution in [2.24, 2.45) is 0 Å². The maximum absolute atomic E-state index is 13.7. The minimum absolute atomic E-state index is 0.0461. The van der Waals surface area contributed by atoms with Crippen molar-refractivity contribution in [3.63, 3.8) is 0 Å². The Hall–Kier alpha value is -2.88. The molecule has 0 spiro atoms. The Morgan fingerprint density at radius 2 is 1.91 bits per heavy atom. The molecule has 0 saturated heterocycles. The summed E-state index contributed by atoms with van der Waals surface area (Å²) in [5.74, 6) is -0.272. The Labute approximate surface area is 205 Å². The molecule has 1 unspecified atom stereocenters. The summed E-state index contributed by atoms with van der Waals surface area (Å²) >= 11 is 0. The number of nitrogens with zero attached hydrogens (tertiary/aromatic N) is 5. The molecule has 0 aliphatic carbocycles. The van der Waals surface area contributed by atoms with Crippen LogP contribution in [0, 0.1) is 5.82 Å². The molecule has 2 atom stereocenters. The molecule has 35 heavy (non-hydrogen) atoms. The molecule has 0 bridgehead atoms. The van der Waals surface area contributed by atoms with Crippen LogP contribution < -0.4 is 0 Å². The van der Waals surface area contributed by atoms with Crippen molar-refractivity contribution in [2.45, 2.75) is 65.0 Å². The summed E-state index contributed by atoms with van der Waals surface area (Å²) in [7, 11) is -1.16. The van der Waals surface area contributed by atoms with E-state index >= 15 is 0 Å². The second kappa shape index (κ2) is 9.29. The van der Waals surface area contributed by atoms with Gasteiger partial charge in [0.2, 0.25) is 0 Å². The quantitative estimate of drug-likeness (QED) is 0.237. The fraction of sp³-hybridized carbons (Fsp3) is 0.423. The van der Waals surface area contributed by atoms with Gasteiger partial charge >= 0.3 is 0 Å². The Morgan fingerprint density at radius 3 is 2.66 bits per heavy atom. The van der Waals surface area contributed by atoms with Crippen molar-refractivity contribution >= 4 is 19.1 Å². The molecule has 3 aromatic heterocycles. The predicted octanol–water partition coefficient (Wildman–Crippen LogP) is 5.89. The minimum atomic E-state index is -1.16. The number of ether oxygens (including phenoxy) is 2. The molecule has 1 aliphatic rings. The van der Waals surface area contributed by atoms with Crippen LogP contribution >= 0.6 is 0 Å². The minimum Gasteiger partial charge on any atom is -0.370 e. The molecule has 0 fully saturated rings. The number of hydrogen-bond acceptors (Lipinski definition) is 5. The lowest BCUT2D eigenvalue weighted by atomic mass is 9.97. The Morgan fingerprint density at radius 1 is 1.14 bits per heavy atom. The first kappa shape index (κ1) is 23.8. The number of benzene rings is 1. The molecule has 7 nitrogen and oxygen atoms in total. The maximum atomic E-state index is 13.7. The summed E-state index contributed by atoms with van der Waals surface area (Å²) in [6, 6.07) is 9.66. The maximum Gasteiger partial charge on any atom is 0.160 e. The van der Waals surface area contributed by atoms with E-state index in [-0.39, 0.29) is 18.0 Å². The highest BCUT2D eigenvalue weighted by Crippen LogP contribution is 2.41. The fourth-order valence-electron chi connectivity index (χ4n) is 4.40. The first-order chi connectivity index (χ1) is 16.7. The zero-order valence-electron chi connectivity index (χ0n) is 21.0. The standard InChI is InChI=1S/C26H32FN5O2Si/c1-17-18(2)34-15-23-24(25(30-32(17)23)19-6-8-20(27)9-7-19)21-10-11-28-26-22(21)14-29-31(26)16-33-12-13-35(3,4)5/h6-11,14,17-18H,12-13,15-16H2,1-5H3/t17?,18-/m1/s1. The lowest BCUT2D eigenvalue weighted by molar-refractivity contribution is -0.0101. The van der Waals surface area contributed by atoms with Gasteiger partial charge in [-0.05, 0) is 55.8 Å². The summed E-state index contributed by atoms with van der Waals surface area (Å²) in [6.45, 7) is 12.7. The monoisotopic (exact) mass is 493 g/mol. The van der Waals surface area contributed by atoms with E-state index in [0.717, 1.165) is 51.8 Å². The normalized spacial score (nSPS) is 18.2. The Balaban J connectivity index is 1.58. The van der Waals surface area contributed by atoms with Gasteiger partial charge in [-0.15, -0.1) is 0 Å². The molecule has 1 aromatic carbocycles. The molecule has 0 N–H and O–H groups in total. The highest BCUT2D eigenvalue weighted by atomic mass is 28.3. The van der Waals surface area contributed by atoms with E-state index in [2.05, 4.69) is 48.3 Å². The van der Waals surface area contributed by atoms with Crippen LogP contribution in [0.3, 0.4) is 0 Å². The van der Waals surface area contributed by atoms with Gasteiger partial charge in [0.05, 0.1) is 30.6 Å². The second-order valence-corrected chi connectivity index (χ2v) is 16.1. The van der Waals surface area contributed by atoms with Crippen LogP contribution in [-0.4, -0.2) is 45.3 Å². The molecule has 0 radical (unpaired) electrons. The highest BCUT2D eigenvalue weighted by molar-refractivity contribution is 6.76. The van der Waals surface area contributed by atoms with E-state index in [1.807, 2.05) is 12.3 Å². The van der Waals surface area contributed by atoms with Crippen LogP contribution in [0.5, 0.6) is 0 Å². The molecule has 5 rings (SSSR count). The van der Waals surface area contributed by atoms with E-state index in [4.69, 9.17) is 14.6 Å². The number of rotatable bonds is 7. The smallest absolute Gasteiger partial charge is 0.160 e. The van der Waals surface area contributed by atoms with Crippen LogP contribution in [0.15, 0.2) is 42.7 Å². The Bertz CT molecular complexity index is 1340. The van der Waals surface area contributed by atoms with Crippen molar-refractivity contribution in [1.82, 2.24) is 24.5 Å². The van der Waals surface area contributed by atoms with E-state index in [9.17, 15) is 4.39 Å². The van der Waals surface area contributed by atoms with E-state index in [0.29, 0.717) is 13.3 Å². The van der Waals surface area contributed by atoms with Gasteiger partial charge in [0.15, 0.2) is 5.65 Å². The lowest BCUT2D eigenvalue weighted by Crippen LogP contribution is -2.29.